The summed E-state index contributed by atoms with van der Waals surface area (Å²) in [5.41, 5.74) is 2.61. The summed E-state index contributed by atoms with van der Waals surface area (Å²) in [6.45, 7) is 0. The zero-order chi connectivity index (χ0) is 15.2. The molecule has 4 aromatic heterocycles. The smallest absolute Gasteiger partial charge is 0.193 e. The number of aromatic nitrogens is 4. The topological polar surface area (TPSA) is 43.1 Å². The van der Waals surface area contributed by atoms with Crippen molar-refractivity contribution in [3.8, 4) is 0 Å². The molecule has 0 aliphatic heterocycles. The fraction of sp³-hybridized carbons (Fsp3) is 0.312. The third kappa shape index (κ3) is 2.38. The number of thioether (sulfide) groups is 1. The highest BCUT2D eigenvalue weighted by atomic mass is 32.2. The van der Waals surface area contributed by atoms with Crippen molar-refractivity contribution < 1.29 is 0 Å². The maximum Gasteiger partial charge on any atom is 0.193 e. The molecule has 0 spiro atoms. The Labute approximate surface area is 145 Å². The van der Waals surface area contributed by atoms with Crippen molar-refractivity contribution in [1.82, 2.24) is 19.4 Å². The first-order valence-electron chi connectivity index (χ1n) is 7.67. The van der Waals surface area contributed by atoms with Crippen LogP contribution in [0, 0.1) is 0 Å². The van der Waals surface area contributed by atoms with Crippen LogP contribution in [0.4, 0.5) is 0 Å². The minimum atomic E-state index is 0.852. The largest absolute Gasteiger partial charge is 0.297 e. The van der Waals surface area contributed by atoms with E-state index < -0.39 is 0 Å². The second-order valence-electron chi connectivity index (χ2n) is 5.68. The van der Waals surface area contributed by atoms with Gasteiger partial charge in [-0.25, -0.2) is 15.0 Å². The van der Waals surface area contributed by atoms with Crippen LogP contribution in [0.1, 0.15) is 29.0 Å². The quantitative estimate of drug-likeness (QED) is 0.397. The summed E-state index contributed by atoms with van der Waals surface area (Å²) in [6.07, 6.45) is 10.8. The van der Waals surface area contributed by atoms with Gasteiger partial charge in [0.1, 0.15) is 16.2 Å². The van der Waals surface area contributed by atoms with E-state index in [9.17, 15) is 0 Å². The number of hydrogen-bond donors (Lipinski definition) is 0. The van der Waals surface area contributed by atoms with Gasteiger partial charge < -0.3 is 0 Å². The monoisotopic (exact) mass is 358 g/mol. The Balaban J connectivity index is 1.49. The van der Waals surface area contributed by atoms with E-state index in [1.165, 1.54) is 41.5 Å². The molecule has 7 heteroatoms. The van der Waals surface area contributed by atoms with Gasteiger partial charge in [-0.2, -0.15) is 0 Å². The van der Waals surface area contributed by atoms with E-state index in [1.54, 1.807) is 29.4 Å². The van der Waals surface area contributed by atoms with Crippen LogP contribution >= 0.6 is 34.4 Å². The molecule has 0 aromatic carbocycles. The van der Waals surface area contributed by atoms with Crippen LogP contribution in [0.3, 0.4) is 0 Å². The van der Waals surface area contributed by atoms with Crippen molar-refractivity contribution >= 4 is 49.6 Å². The normalized spacial score (nSPS) is 14.6. The number of imidazole rings is 1. The lowest BCUT2D eigenvalue weighted by molar-refractivity contribution is 0.699. The Hall–Kier alpha value is -1.44. The summed E-state index contributed by atoms with van der Waals surface area (Å²) in [6, 6.07) is 0. The van der Waals surface area contributed by atoms with Crippen molar-refractivity contribution in [2.24, 2.45) is 0 Å². The molecular formula is C16H14N4S3. The summed E-state index contributed by atoms with van der Waals surface area (Å²) in [7, 11) is 0. The van der Waals surface area contributed by atoms with Crippen LogP contribution in [0.25, 0.3) is 15.2 Å². The molecule has 4 nitrogen and oxygen atoms in total. The maximum absolute atomic E-state index is 4.66. The summed E-state index contributed by atoms with van der Waals surface area (Å²) in [5, 5.41) is 4.48. The number of fused-ring (bicyclic) bond motifs is 4. The number of aryl methyl sites for hydroxylation is 2. The van der Waals surface area contributed by atoms with Gasteiger partial charge in [0.25, 0.3) is 0 Å². The minimum Gasteiger partial charge on any atom is -0.297 e. The van der Waals surface area contributed by atoms with E-state index in [2.05, 4.69) is 37.1 Å². The van der Waals surface area contributed by atoms with Crippen LogP contribution in [0.2, 0.25) is 0 Å². The Kier molecular flexibility index (Phi) is 3.38. The molecule has 0 atom stereocenters. The highest BCUT2D eigenvalue weighted by molar-refractivity contribution is 7.98. The molecule has 0 saturated heterocycles. The third-order valence-electron chi connectivity index (χ3n) is 4.22. The fourth-order valence-corrected chi connectivity index (χ4v) is 6.08. The maximum atomic E-state index is 4.66. The number of nitrogens with zero attached hydrogens (tertiary/aromatic N) is 4. The van der Waals surface area contributed by atoms with Gasteiger partial charge in [-0.15, -0.1) is 22.7 Å². The van der Waals surface area contributed by atoms with Gasteiger partial charge in [0, 0.05) is 33.8 Å². The van der Waals surface area contributed by atoms with E-state index in [-0.39, 0.29) is 0 Å². The molecule has 0 fully saturated rings. The third-order valence-corrected chi connectivity index (χ3v) is 7.21. The van der Waals surface area contributed by atoms with Crippen molar-refractivity contribution in [3.05, 3.63) is 40.2 Å². The molecule has 23 heavy (non-hydrogen) atoms. The first kappa shape index (κ1) is 13.9. The first-order chi connectivity index (χ1) is 11.4. The van der Waals surface area contributed by atoms with Gasteiger partial charge in [-0.1, -0.05) is 11.8 Å². The number of hydrogen-bond acceptors (Lipinski definition) is 6. The molecule has 1 aliphatic carbocycles. The van der Waals surface area contributed by atoms with Crippen LogP contribution < -0.4 is 0 Å². The molecule has 0 unspecified atom stereocenters. The van der Waals surface area contributed by atoms with Gasteiger partial charge >= 0.3 is 0 Å². The molecular weight excluding hydrogens is 344 g/mol. The number of thiophene rings is 1. The van der Waals surface area contributed by atoms with Gasteiger partial charge in [0.2, 0.25) is 0 Å². The highest BCUT2D eigenvalue weighted by Crippen LogP contribution is 2.39. The standard InChI is InChI=1S/C16H14N4S3/c1-2-4-12-11(3-1)13-14(17-9-18-15(13)23-12)22-8-10-7-20-5-6-21-16(20)19-10/h5-7,9H,1-4,8H2. The summed E-state index contributed by atoms with van der Waals surface area (Å²) in [5.74, 6) is 0.852. The fourth-order valence-electron chi connectivity index (χ4n) is 3.16. The Morgan fingerprint density at radius 3 is 3.13 bits per heavy atom. The zero-order valence-electron chi connectivity index (χ0n) is 12.4. The second-order valence-corrected chi connectivity index (χ2v) is 8.60. The molecule has 116 valence electrons. The SMILES string of the molecule is c1nc(SCc2cn3ccsc3n2)c2c3c(sc2n1)CCCC3. The molecule has 0 N–H and O–H groups in total. The lowest BCUT2D eigenvalue weighted by Gasteiger charge is -2.11. The molecule has 0 saturated carbocycles. The van der Waals surface area contributed by atoms with Crippen molar-refractivity contribution in [3.63, 3.8) is 0 Å². The molecule has 0 bridgehead atoms. The molecule has 5 rings (SSSR count). The summed E-state index contributed by atoms with van der Waals surface area (Å²) in [4.78, 5) is 17.5. The van der Waals surface area contributed by atoms with Crippen LogP contribution in [-0.4, -0.2) is 19.4 Å². The molecule has 0 amide bonds. The van der Waals surface area contributed by atoms with E-state index in [4.69, 9.17) is 0 Å². The Bertz CT molecular complexity index is 969. The van der Waals surface area contributed by atoms with Gasteiger partial charge in [0.05, 0.1) is 5.69 Å². The van der Waals surface area contributed by atoms with E-state index >= 15 is 0 Å². The number of rotatable bonds is 3. The van der Waals surface area contributed by atoms with Crippen molar-refractivity contribution in [2.45, 2.75) is 36.5 Å². The summed E-state index contributed by atoms with van der Waals surface area (Å²) >= 11 is 5.31. The molecule has 4 aromatic rings. The van der Waals surface area contributed by atoms with Crippen LogP contribution in [0.15, 0.2) is 29.1 Å². The van der Waals surface area contributed by atoms with E-state index in [0.717, 1.165) is 26.3 Å². The van der Waals surface area contributed by atoms with E-state index in [0.29, 0.717) is 0 Å². The van der Waals surface area contributed by atoms with Gasteiger partial charge in [-0.05, 0) is 31.2 Å². The second kappa shape index (κ2) is 5.58. The lowest BCUT2D eigenvalue weighted by atomic mass is 9.97. The Morgan fingerprint density at radius 2 is 2.17 bits per heavy atom. The average molecular weight is 359 g/mol. The first-order valence-corrected chi connectivity index (χ1v) is 10.4. The molecule has 0 radical (unpaired) electrons. The van der Waals surface area contributed by atoms with Crippen molar-refractivity contribution in [1.29, 1.82) is 0 Å². The minimum absolute atomic E-state index is 0.852. The summed E-state index contributed by atoms with van der Waals surface area (Å²) < 4.78 is 2.09. The highest BCUT2D eigenvalue weighted by Gasteiger charge is 2.20. The van der Waals surface area contributed by atoms with Crippen LogP contribution in [0.5, 0.6) is 0 Å². The van der Waals surface area contributed by atoms with Crippen LogP contribution in [-0.2, 0) is 18.6 Å². The lowest BCUT2D eigenvalue weighted by Crippen LogP contribution is -1.99. The zero-order valence-corrected chi connectivity index (χ0v) is 14.8. The Morgan fingerprint density at radius 1 is 1.22 bits per heavy atom. The molecule has 4 heterocycles. The van der Waals surface area contributed by atoms with Crippen molar-refractivity contribution in [2.75, 3.05) is 0 Å². The average Bonchev–Trinajstić information content (AvgIpc) is 3.25. The van der Waals surface area contributed by atoms with E-state index in [1.807, 2.05) is 11.3 Å². The predicted octanol–water partition coefficient (Wildman–Crippen LogP) is 4.57. The number of thiazole rings is 1. The van der Waals surface area contributed by atoms with Gasteiger partial charge in [-0.3, -0.25) is 4.40 Å². The predicted molar refractivity (Wildman–Crippen MR) is 96.7 cm³/mol. The molecule has 1 aliphatic rings. The van der Waals surface area contributed by atoms with Gasteiger partial charge in [0.15, 0.2) is 4.96 Å².